The van der Waals surface area contributed by atoms with Gasteiger partial charge in [-0.2, -0.15) is 0 Å². The number of rotatable bonds is 2. The molecule has 0 amide bonds. The second-order valence-electron chi connectivity index (χ2n) is 5.17. The Labute approximate surface area is 117 Å². The van der Waals surface area contributed by atoms with Crippen LogP contribution in [0.2, 0.25) is 0 Å². The Balaban J connectivity index is 2.07. The molecule has 2 rings (SSSR count). The predicted octanol–water partition coefficient (Wildman–Crippen LogP) is 3.11. The zero-order valence-corrected chi connectivity index (χ0v) is 12.6. The van der Waals surface area contributed by atoms with Crippen LogP contribution in [0.5, 0.6) is 0 Å². The Morgan fingerprint density at radius 2 is 2.17 bits per heavy atom. The molecule has 1 aliphatic rings. The second-order valence-corrected chi connectivity index (χ2v) is 6.03. The molecular weight excluding hydrogens is 295 g/mol. The van der Waals surface area contributed by atoms with Crippen molar-refractivity contribution < 1.29 is 4.39 Å². The predicted molar refractivity (Wildman–Crippen MR) is 76.1 cm³/mol. The van der Waals surface area contributed by atoms with E-state index in [1.165, 1.54) is 12.5 Å². The molecular formula is C14H20BrFN2. The summed E-state index contributed by atoms with van der Waals surface area (Å²) < 4.78 is 13.9. The SMILES string of the molecule is CC1CN(C)CCCN1Cc1ccc(F)cc1Br. The molecule has 1 saturated heterocycles. The number of halogens is 2. The molecule has 1 fully saturated rings. The second kappa shape index (κ2) is 6.13. The highest BCUT2D eigenvalue weighted by Gasteiger charge is 2.20. The van der Waals surface area contributed by atoms with Gasteiger partial charge in [-0.1, -0.05) is 22.0 Å². The molecule has 1 atom stereocenters. The molecule has 100 valence electrons. The Morgan fingerprint density at radius 3 is 2.89 bits per heavy atom. The molecule has 1 aromatic carbocycles. The third-order valence-corrected chi connectivity index (χ3v) is 4.31. The Hall–Kier alpha value is -0.450. The fourth-order valence-corrected chi connectivity index (χ4v) is 3.00. The number of hydrogen-bond donors (Lipinski definition) is 0. The lowest BCUT2D eigenvalue weighted by Crippen LogP contribution is -2.37. The van der Waals surface area contributed by atoms with Gasteiger partial charge in [0.05, 0.1) is 0 Å². The van der Waals surface area contributed by atoms with E-state index in [4.69, 9.17) is 0 Å². The molecule has 1 heterocycles. The maximum Gasteiger partial charge on any atom is 0.124 e. The van der Waals surface area contributed by atoms with Crippen molar-refractivity contribution in [1.82, 2.24) is 9.80 Å². The lowest BCUT2D eigenvalue weighted by atomic mass is 10.1. The first-order valence-corrected chi connectivity index (χ1v) is 7.22. The van der Waals surface area contributed by atoms with Crippen LogP contribution in [0.25, 0.3) is 0 Å². The largest absolute Gasteiger partial charge is 0.305 e. The summed E-state index contributed by atoms with van der Waals surface area (Å²) in [5, 5.41) is 0. The maximum atomic E-state index is 13.1. The molecule has 0 N–H and O–H groups in total. The zero-order chi connectivity index (χ0) is 13.1. The molecule has 2 nitrogen and oxygen atoms in total. The third kappa shape index (κ3) is 3.53. The Kier molecular flexibility index (Phi) is 4.76. The first kappa shape index (κ1) is 14.0. The number of hydrogen-bond acceptors (Lipinski definition) is 2. The van der Waals surface area contributed by atoms with Crippen molar-refractivity contribution in [3.63, 3.8) is 0 Å². The summed E-state index contributed by atoms with van der Waals surface area (Å²) in [6.07, 6.45) is 1.19. The van der Waals surface area contributed by atoms with Crippen molar-refractivity contribution in [2.45, 2.75) is 25.9 Å². The van der Waals surface area contributed by atoms with Gasteiger partial charge in [0.2, 0.25) is 0 Å². The number of benzene rings is 1. The van der Waals surface area contributed by atoms with Crippen LogP contribution >= 0.6 is 15.9 Å². The van der Waals surface area contributed by atoms with E-state index in [2.05, 4.69) is 39.7 Å². The minimum atomic E-state index is -0.186. The van der Waals surface area contributed by atoms with Crippen molar-refractivity contribution in [3.05, 3.63) is 34.1 Å². The summed E-state index contributed by atoms with van der Waals surface area (Å²) >= 11 is 3.45. The molecule has 0 radical (unpaired) electrons. The third-order valence-electron chi connectivity index (χ3n) is 3.57. The lowest BCUT2D eigenvalue weighted by molar-refractivity contribution is 0.194. The van der Waals surface area contributed by atoms with Gasteiger partial charge in [-0.05, 0) is 44.6 Å². The highest BCUT2D eigenvalue weighted by atomic mass is 79.9. The van der Waals surface area contributed by atoms with Crippen LogP contribution in [-0.4, -0.2) is 42.5 Å². The Morgan fingerprint density at radius 1 is 1.39 bits per heavy atom. The molecule has 1 unspecified atom stereocenters. The summed E-state index contributed by atoms with van der Waals surface area (Å²) in [6.45, 7) is 6.51. The van der Waals surface area contributed by atoms with Gasteiger partial charge in [0.25, 0.3) is 0 Å². The maximum absolute atomic E-state index is 13.1. The van der Waals surface area contributed by atoms with Crippen LogP contribution in [0.4, 0.5) is 4.39 Å². The quantitative estimate of drug-likeness (QED) is 0.827. The van der Waals surface area contributed by atoms with E-state index in [9.17, 15) is 4.39 Å². The molecule has 0 bridgehead atoms. The molecule has 1 aliphatic heterocycles. The Bertz CT molecular complexity index is 411. The van der Waals surface area contributed by atoms with Crippen molar-refractivity contribution >= 4 is 15.9 Å². The highest BCUT2D eigenvalue weighted by Crippen LogP contribution is 2.21. The van der Waals surface area contributed by atoms with Crippen LogP contribution in [-0.2, 0) is 6.54 Å². The molecule has 18 heavy (non-hydrogen) atoms. The minimum absolute atomic E-state index is 0.186. The van der Waals surface area contributed by atoms with E-state index in [1.807, 2.05) is 6.07 Å². The summed E-state index contributed by atoms with van der Waals surface area (Å²) in [5.41, 5.74) is 1.16. The van der Waals surface area contributed by atoms with Gasteiger partial charge >= 0.3 is 0 Å². The van der Waals surface area contributed by atoms with Gasteiger partial charge in [0, 0.05) is 30.1 Å². The van der Waals surface area contributed by atoms with E-state index >= 15 is 0 Å². The number of nitrogens with zero attached hydrogens (tertiary/aromatic N) is 2. The first-order valence-electron chi connectivity index (χ1n) is 6.43. The molecule has 0 aliphatic carbocycles. The van der Waals surface area contributed by atoms with Crippen molar-refractivity contribution in [1.29, 1.82) is 0 Å². The zero-order valence-electron chi connectivity index (χ0n) is 11.0. The molecule has 1 aromatic rings. The summed E-state index contributed by atoms with van der Waals surface area (Å²) in [4.78, 5) is 4.85. The summed E-state index contributed by atoms with van der Waals surface area (Å²) in [7, 11) is 2.17. The number of likely N-dealkylation sites (N-methyl/N-ethyl adjacent to an activating group) is 1. The first-order chi connectivity index (χ1) is 8.56. The average Bonchev–Trinajstić information content (AvgIpc) is 2.44. The van der Waals surface area contributed by atoms with Gasteiger partial charge < -0.3 is 4.90 Å². The van der Waals surface area contributed by atoms with Gasteiger partial charge in [0.15, 0.2) is 0 Å². The van der Waals surface area contributed by atoms with E-state index in [1.54, 1.807) is 6.07 Å². The van der Waals surface area contributed by atoms with E-state index in [0.717, 1.165) is 36.2 Å². The molecule has 0 spiro atoms. The van der Waals surface area contributed by atoms with Crippen molar-refractivity contribution in [2.24, 2.45) is 0 Å². The smallest absolute Gasteiger partial charge is 0.124 e. The molecule has 0 aromatic heterocycles. The van der Waals surface area contributed by atoms with Gasteiger partial charge in [-0.15, -0.1) is 0 Å². The standard InChI is InChI=1S/C14H20BrFN2/c1-11-9-17(2)6-3-7-18(11)10-12-4-5-13(16)8-14(12)15/h4-5,8,11H,3,6-7,9-10H2,1-2H3. The lowest BCUT2D eigenvalue weighted by Gasteiger charge is -2.28. The van der Waals surface area contributed by atoms with Crippen molar-refractivity contribution in [3.8, 4) is 0 Å². The molecule has 4 heteroatoms. The van der Waals surface area contributed by atoms with E-state index < -0.39 is 0 Å². The van der Waals surface area contributed by atoms with Crippen LogP contribution < -0.4 is 0 Å². The van der Waals surface area contributed by atoms with Crippen LogP contribution in [0, 0.1) is 5.82 Å². The summed E-state index contributed by atoms with van der Waals surface area (Å²) in [5.74, 6) is -0.186. The fourth-order valence-electron chi connectivity index (χ4n) is 2.53. The highest BCUT2D eigenvalue weighted by molar-refractivity contribution is 9.10. The summed E-state index contributed by atoms with van der Waals surface area (Å²) in [6, 6.07) is 5.49. The van der Waals surface area contributed by atoms with E-state index in [0.29, 0.717) is 6.04 Å². The average molecular weight is 315 g/mol. The monoisotopic (exact) mass is 314 g/mol. The van der Waals surface area contributed by atoms with E-state index in [-0.39, 0.29) is 5.82 Å². The van der Waals surface area contributed by atoms with Crippen LogP contribution in [0.3, 0.4) is 0 Å². The van der Waals surface area contributed by atoms with Gasteiger partial charge in [-0.25, -0.2) is 4.39 Å². The van der Waals surface area contributed by atoms with Crippen molar-refractivity contribution in [2.75, 3.05) is 26.7 Å². The van der Waals surface area contributed by atoms with Gasteiger partial charge in [-0.3, -0.25) is 4.90 Å². The molecule has 0 saturated carbocycles. The minimum Gasteiger partial charge on any atom is -0.305 e. The van der Waals surface area contributed by atoms with Crippen LogP contribution in [0.1, 0.15) is 18.9 Å². The fraction of sp³-hybridized carbons (Fsp3) is 0.571. The normalized spacial score (nSPS) is 23.0. The van der Waals surface area contributed by atoms with Gasteiger partial charge in [0.1, 0.15) is 5.82 Å². The van der Waals surface area contributed by atoms with Crippen LogP contribution in [0.15, 0.2) is 22.7 Å². The topological polar surface area (TPSA) is 6.48 Å².